The molecular formula is C15H9Cl3N2O. The van der Waals surface area contributed by atoms with Gasteiger partial charge in [0.05, 0.1) is 21.6 Å². The van der Waals surface area contributed by atoms with Crippen molar-refractivity contribution in [2.24, 2.45) is 0 Å². The van der Waals surface area contributed by atoms with Crippen molar-refractivity contribution in [3.63, 3.8) is 0 Å². The van der Waals surface area contributed by atoms with Crippen molar-refractivity contribution in [3.05, 3.63) is 67.6 Å². The predicted molar refractivity (Wildman–Crippen MR) is 87.1 cm³/mol. The van der Waals surface area contributed by atoms with Crippen LogP contribution in [0.3, 0.4) is 0 Å². The van der Waals surface area contributed by atoms with Gasteiger partial charge in [-0.2, -0.15) is 0 Å². The van der Waals surface area contributed by atoms with Crippen LogP contribution < -0.4 is 5.56 Å². The second kappa shape index (κ2) is 5.34. The molecule has 0 spiro atoms. The van der Waals surface area contributed by atoms with E-state index in [1.807, 2.05) is 0 Å². The molecule has 6 heteroatoms. The second-order valence-electron chi connectivity index (χ2n) is 4.56. The molecule has 0 saturated carbocycles. The zero-order valence-corrected chi connectivity index (χ0v) is 13.2. The molecule has 21 heavy (non-hydrogen) atoms. The Morgan fingerprint density at radius 3 is 2.33 bits per heavy atom. The van der Waals surface area contributed by atoms with Gasteiger partial charge in [0.1, 0.15) is 5.82 Å². The summed E-state index contributed by atoms with van der Waals surface area (Å²) >= 11 is 18.0. The number of fused-ring (bicyclic) bond motifs is 1. The molecule has 3 nitrogen and oxygen atoms in total. The van der Waals surface area contributed by atoms with Crippen LogP contribution in [0.15, 0.2) is 41.2 Å². The fourth-order valence-corrected chi connectivity index (χ4v) is 2.88. The minimum absolute atomic E-state index is 0.218. The lowest BCUT2D eigenvalue weighted by atomic mass is 10.2. The monoisotopic (exact) mass is 338 g/mol. The summed E-state index contributed by atoms with van der Waals surface area (Å²) in [5, 5.41) is 1.75. The second-order valence-corrected chi connectivity index (χ2v) is 5.84. The van der Waals surface area contributed by atoms with Crippen molar-refractivity contribution in [1.29, 1.82) is 0 Å². The van der Waals surface area contributed by atoms with Crippen LogP contribution in [0.25, 0.3) is 16.6 Å². The smallest absolute Gasteiger partial charge is 0.266 e. The van der Waals surface area contributed by atoms with Crippen LogP contribution in [0.1, 0.15) is 5.82 Å². The van der Waals surface area contributed by atoms with Crippen LogP contribution in [-0.2, 0) is 0 Å². The van der Waals surface area contributed by atoms with Crippen molar-refractivity contribution < 1.29 is 0 Å². The number of hydrogen-bond donors (Lipinski definition) is 0. The van der Waals surface area contributed by atoms with Crippen molar-refractivity contribution in [2.45, 2.75) is 6.92 Å². The van der Waals surface area contributed by atoms with Crippen molar-refractivity contribution >= 4 is 45.7 Å². The normalized spacial score (nSPS) is 11.0. The van der Waals surface area contributed by atoms with Gasteiger partial charge in [-0.25, -0.2) is 4.98 Å². The summed E-state index contributed by atoms with van der Waals surface area (Å²) in [4.78, 5) is 17.1. The molecule has 0 radical (unpaired) electrons. The van der Waals surface area contributed by atoms with Crippen LogP contribution in [0, 0.1) is 6.92 Å². The zero-order valence-electron chi connectivity index (χ0n) is 10.9. The summed E-state index contributed by atoms with van der Waals surface area (Å²) in [7, 11) is 0. The largest absolute Gasteiger partial charge is 0.268 e. The summed E-state index contributed by atoms with van der Waals surface area (Å²) in [6.45, 7) is 1.75. The van der Waals surface area contributed by atoms with Gasteiger partial charge in [-0.1, -0.05) is 34.8 Å². The number of nitrogens with zero attached hydrogens (tertiary/aromatic N) is 2. The van der Waals surface area contributed by atoms with E-state index in [9.17, 15) is 4.79 Å². The zero-order chi connectivity index (χ0) is 15.1. The molecule has 0 fully saturated rings. The molecular weight excluding hydrogens is 331 g/mol. The molecule has 0 unspecified atom stereocenters. The molecule has 0 amide bonds. The van der Waals surface area contributed by atoms with E-state index in [2.05, 4.69) is 4.98 Å². The number of rotatable bonds is 1. The topological polar surface area (TPSA) is 34.9 Å². The molecule has 3 aromatic rings. The van der Waals surface area contributed by atoms with Gasteiger partial charge < -0.3 is 0 Å². The number of halogens is 3. The molecule has 0 bridgehead atoms. The van der Waals surface area contributed by atoms with E-state index in [1.54, 1.807) is 43.3 Å². The van der Waals surface area contributed by atoms with E-state index in [0.29, 0.717) is 37.5 Å². The van der Waals surface area contributed by atoms with Crippen molar-refractivity contribution in [3.8, 4) is 5.69 Å². The molecule has 106 valence electrons. The molecule has 0 aliphatic rings. The Hall–Kier alpha value is -1.55. The minimum Gasteiger partial charge on any atom is -0.268 e. The summed E-state index contributed by atoms with van der Waals surface area (Å²) in [6, 6.07) is 10.1. The summed E-state index contributed by atoms with van der Waals surface area (Å²) < 4.78 is 1.51. The molecule has 1 heterocycles. The van der Waals surface area contributed by atoms with Gasteiger partial charge in [-0.15, -0.1) is 0 Å². The molecule has 3 rings (SSSR count). The van der Waals surface area contributed by atoms with Crippen LogP contribution in [0.2, 0.25) is 15.1 Å². The van der Waals surface area contributed by atoms with Crippen molar-refractivity contribution in [1.82, 2.24) is 9.55 Å². The predicted octanol–water partition coefficient (Wildman–Crippen LogP) is 4.65. The molecule has 2 aromatic carbocycles. The molecule has 0 saturated heterocycles. The maximum absolute atomic E-state index is 12.7. The first kappa shape index (κ1) is 14.4. The lowest BCUT2D eigenvalue weighted by molar-refractivity contribution is 0.895. The number of aromatic nitrogens is 2. The average molecular weight is 340 g/mol. The first-order chi connectivity index (χ1) is 9.97. The highest BCUT2D eigenvalue weighted by molar-refractivity contribution is 6.38. The van der Waals surface area contributed by atoms with Gasteiger partial charge in [0.15, 0.2) is 0 Å². The molecule has 0 aliphatic heterocycles. The van der Waals surface area contributed by atoms with Crippen LogP contribution in [0.5, 0.6) is 0 Å². The SMILES string of the molecule is Cc1nc2c(Cl)cc(Cl)cc2c(=O)n1-c1ccc(Cl)cc1. The molecule has 0 aliphatic carbocycles. The highest BCUT2D eigenvalue weighted by atomic mass is 35.5. The molecule has 0 N–H and O–H groups in total. The number of aryl methyl sites for hydroxylation is 1. The van der Waals surface area contributed by atoms with E-state index in [0.717, 1.165) is 0 Å². The van der Waals surface area contributed by atoms with Gasteiger partial charge in [0.2, 0.25) is 0 Å². The number of hydrogen-bond acceptors (Lipinski definition) is 2. The fraction of sp³-hybridized carbons (Fsp3) is 0.0667. The number of benzene rings is 2. The first-order valence-corrected chi connectivity index (χ1v) is 7.25. The summed E-state index contributed by atoms with van der Waals surface area (Å²) in [5.41, 5.74) is 0.922. The van der Waals surface area contributed by atoms with E-state index in [1.165, 1.54) is 4.57 Å². The maximum atomic E-state index is 12.7. The van der Waals surface area contributed by atoms with E-state index in [4.69, 9.17) is 34.8 Å². The molecule has 0 atom stereocenters. The third-order valence-electron chi connectivity index (χ3n) is 3.14. The highest BCUT2D eigenvalue weighted by Gasteiger charge is 2.13. The van der Waals surface area contributed by atoms with Gasteiger partial charge in [0, 0.05) is 10.0 Å². The van der Waals surface area contributed by atoms with Crippen LogP contribution >= 0.6 is 34.8 Å². The Morgan fingerprint density at radius 1 is 1.00 bits per heavy atom. The Kier molecular flexibility index (Phi) is 3.66. The van der Waals surface area contributed by atoms with Crippen LogP contribution in [0.4, 0.5) is 0 Å². The third kappa shape index (κ3) is 2.53. The standard InChI is InChI=1S/C15H9Cl3N2O/c1-8-19-14-12(6-10(17)7-13(14)18)15(21)20(8)11-4-2-9(16)3-5-11/h2-7H,1H3. The van der Waals surface area contributed by atoms with Gasteiger partial charge in [0.25, 0.3) is 5.56 Å². The Bertz CT molecular complexity index is 901. The summed E-state index contributed by atoms with van der Waals surface area (Å²) in [5.74, 6) is 0.541. The highest BCUT2D eigenvalue weighted by Crippen LogP contribution is 2.25. The quantitative estimate of drug-likeness (QED) is 0.646. The Morgan fingerprint density at radius 2 is 1.67 bits per heavy atom. The maximum Gasteiger partial charge on any atom is 0.266 e. The van der Waals surface area contributed by atoms with Crippen LogP contribution in [-0.4, -0.2) is 9.55 Å². The Labute approximate surface area is 135 Å². The molecule has 1 aromatic heterocycles. The minimum atomic E-state index is -0.218. The lowest BCUT2D eigenvalue weighted by Crippen LogP contribution is -2.22. The summed E-state index contributed by atoms with van der Waals surface area (Å²) in [6.07, 6.45) is 0. The van der Waals surface area contributed by atoms with E-state index < -0.39 is 0 Å². The lowest BCUT2D eigenvalue weighted by Gasteiger charge is -2.11. The first-order valence-electron chi connectivity index (χ1n) is 6.12. The van der Waals surface area contributed by atoms with Gasteiger partial charge in [-0.3, -0.25) is 9.36 Å². The van der Waals surface area contributed by atoms with Gasteiger partial charge >= 0.3 is 0 Å². The van der Waals surface area contributed by atoms with Crippen molar-refractivity contribution in [2.75, 3.05) is 0 Å². The van der Waals surface area contributed by atoms with Gasteiger partial charge in [-0.05, 0) is 43.3 Å². The Balaban J connectivity index is 2.39. The van der Waals surface area contributed by atoms with E-state index in [-0.39, 0.29) is 5.56 Å². The average Bonchev–Trinajstić information content (AvgIpc) is 2.42. The third-order valence-corrected chi connectivity index (χ3v) is 3.90. The fourth-order valence-electron chi connectivity index (χ4n) is 2.22. The van der Waals surface area contributed by atoms with E-state index >= 15 is 0 Å².